The van der Waals surface area contributed by atoms with Crippen molar-refractivity contribution in [1.29, 1.82) is 0 Å². The molecule has 2 amide bonds. The van der Waals surface area contributed by atoms with E-state index in [2.05, 4.69) is 15.4 Å². The Morgan fingerprint density at radius 2 is 1.83 bits per heavy atom. The van der Waals surface area contributed by atoms with Gasteiger partial charge in [-0.1, -0.05) is 66.8 Å². The third-order valence-electron chi connectivity index (χ3n) is 8.70. The normalized spacial score (nSPS) is 18.5. The predicted octanol–water partition coefficient (Wildman–Crippen LogP) is 4.37. The first kappa shape index (κ1) is 31.8. The van der Waals surface area contributed by atoms with Crippen LogP contribution in [0.2, 0.25) is 0 Å². The number of hydrogen-bond donors (Lipinski definition) is 2. The highest BCUT2D eigenvalue weighted by molar-refractivity contribution is 6.09. The molecule has 0 saturated heterocycles. The van der Waals surface area contributed by atoms with Crippen LogP contribution in [0.25, 0.3) is 0 Å². The van der Waals surface area contributed by atoms with E-state index in [4.69, 9.17) is 9.84 Å². The van der Waals surface area contributed by atoms with E-state index < -0.39 is 17.4 Å². The van der Waals surface area contributed by atoms with Crippen LogP contribution in [0.4, 0.5) is 11.4 Å². The highest BCUT2D eigenvalue weighted by Gasteiger charge is 2.52. The summed E-state index contributed by atoms with van der Waals surface area (Å²) in [7, 11) is 1.55. The summed E-state index contributed by atoms with van der Waals surface area (Å²) in [6, 6.07) is 22.6. The lowest BCUT2D eigenvalue weighted by molar-refractivity contribution is -0.139. The first-order valence-electron chi connectivity index (χ1n) is 15.8. The third kappa shape index (κ3) is 6.45. The summed E-state index contributed by atoms with van der Waals surface area (Å²) in [5.74, 6) is -0.496. The molecule has 2 N–H and O–H groups in total. The summed E-state index contributed by atoms with van der Waals surface area (Å²) in [5, 5.41) is 35.4. The van der Waals surface area contributed by atoms with E-state index in [9.17, 15) is 14.7 Å². The Labute approximate surface area is 273 Å². The Bertz CT molecular complexity index is 1800. The van der Waals surface area contributed by atoms with Crippen LogP contribution in [-0.2, 0) is 34.7 Å². The number of carbonyl (C=O) groups excluding carboxylic acids is 2. The van der Waals surface area contributed by atoms with Gasteiger partial charge in [0.05, 0.1) is 36.4 Å². The number of hydrazone groups is 1. The van der Waals surface area contributed by atoms with Crippen molar-refractivity contribution in [3.63, 3.8) is 0 Å². The van der Waals surface area contributed by atoms with E-state index in [-0.39, 0.29) is 19.1 Å². The van der Waals surface area contributed by atoms with Gasteiger partial charge in [0.1, 0.15) is 5.75 Å². The Hall–Kier alpha value is -5.13. The molecule has 0 aliphatic carbocycles. The minimum absolute atomic E-state index is 0.0158. The van der Waals surface area contributed by atoms with Gasteiger partial charge in [0.2, 0.25) is 5.91 Å². The van der Waals surface area contributed by atoms with E-state index in [1.54, 1.807) is 41.1 Å². The number of anilines is 2. The lowest BCUT2D eigenvalue weighted by atomic mass is 9.83. The quantitative estimate of drug-likeness (QED) is 0.221. The number of allylic oxidation sites excluding steroid dienone is 1. The van der Waals surface area contributed by atoms with Gasteiger partial charge in [0.25, 0.3) is 5.91 Å². The Morgan fingerprint density at radius 3 is 2.57 bits per heavy atom. The summed E-state index contributed by atoms with van der Waals surface area (Å²) < 4.78 is 7.16. The minimum atomic E-state index is -1.80. The number of fused-ring (bicyclic) bond motifs is 1. The summed E-state index contributed by atoms with van der Waals surface area (Å²) in [6.07, 6.45) is 7.61. The maximum atomic E-state index is 14.1. The summed E-state index contributed by atoms with van der Waals surface area (Å²) in [4.78, 5) is 28.5. The molecule has 242 valence electrons. The molecule has 11 nitrogen and oxygen atoms in total. The van der Waals surface area contributed by atoms with E-state index in [0.29, 0.717) is 54.9 Å². The molecule has 3 heterocycles. The maximum absolute atomic E-state index is 14.1. The molecule has 6 rings (SSSR count). The van der Waals surface area contributed by atoms with E-state index >= 15 is 0 Å². The van der Waals surface area contributed by atoms with E-state index in [1.807, 2.05) is 73.7 Å². The zero-order valence-corrected chi connectivity index (χ0v) is 26.5. The zero-order chi connectivity index (χ0) is 33.0. The number of aryl methyl sites for hydroxylation is 1. The molecule has 2 atom stereocenters. The minimum Gasteiger partial charge on any atom is -0.497 e. The molecular weight excluding hydrogens is 596 g/mol. The molecule has 0 spiro atoms. The summed E-state index contributed by atoms with van der Waals surface area (Å²) in [5.41, 5.74) is 3.36. The van der Waals surface area contributed by atoms with E-state index in [1.165, 1.54) is 5.01 Å². The average Bonchev–Trinajstić information content (AvgIpc) is 3.64. The molecule has 47 heavy (non-hydrogen) atoms. The van der Waals surface area contributed by atoms with Crippen molar-refractivity contribution >= 4 is 28.9 Å². The van der Waals surface area contributed by atoms with Gasteiger partial charge in [0.15, 0.2) is 5.60 Å². The Kier molecular flexibility index (Phi) is 9.28. The standard InChI is InChI=1S/C36H38N6O5/c1-25(8-6-7-20-40-24-28(19-21-43)37-39-40)36(46)31-22-30(47-2)15-17-33(31)41(35(36)45)23-26-11-13-29(14-12-26)42-34(44)18-16-32(38-42)27-9-4-3-5-10-27/h3-6,8-15,17,22,24-25,43,46H,7,16,18-21,23H2,1-2H3/b8-6+/t25-,36+/m1/s1. The highest BCUT2D eigenvalue weighted by Crippen LogP contribution is 2.47. The first-order chi connectivity index (χ1) is 22.8. The lowest BCUT2D eigenvalue weighted by Crippen LogP contribution is -2.44. The number of aliphatic hydroxyl groups excluding tert-OH is 1. The number of ether oxygens (including phenoxy) is 1. The number of aromatic nitrogens is 3. The van der Waals surface area contributed by atoms with Crippen LogP contribution in [-0.4, -0.2) is 56.4 Å². The van der Waals surface area contributed by atoms with Crippen molar-refractivity contribution in [2.75, 3.05) is 23.6 Å². The molecule has 0 unspecified atom stereocenters. The number of hydrogen-bond acceptors (Lipinski definition) is 8. The van der Waals surface area contributed by atoms with Gasteiger partial charge in [-0.25, -0.2) is 5.01 Å². The molecular formula is C36H38N6O5. The van der Waals surface area contributed by atoms with Crippen LogP contribution in [0.3, 0.4) is 0 Å². The fourth-order valence-corrected chi connectivity index (χ4v) is 6.05. The monoisotopic (exact) mass is 634 g/mol. The van der Waals surface area contributed by atoms with Crippen LogP contribution in [0, 0.1) is 5.92 Å². The third-order valence-corrected chi connectivity index (χ3v) is 8.70. The summed E-state index contributed by atoms with van der Waals surface area (Å²) >= 11 is 0. The Balaban J connectivity index is 1.19. The maximum Gasteiger partial charge on any atom is 0.264 e. The number of nitrogens with zero attached hydrogens (tertiary/aromatic N) is 6. The van der Waals surface area contributed by atoms with Crippen molar-refractivity contribution in [1.82, 2.24) is 15.0 Å². The van der Waals surface area contributed by atoms with Crippen molar-refractivity contribution in [3.05, 3.63) is 114 Å². The summed E-state index contributed by atoms with van der Waals surface area (Å²) in [6.45, 7) is 2.64. The molecule has 2 aliphatic heterocycles. The zero-order valence-electron chi connectivity index (χ0n) is 26.5. The Morgan fingerprint density at radius 1 is 1.04 bits per heavy atom. The van der Waals surface area contributed by atoms with E-state index in [0.717, 1.165) is 22.5 Å². The second-order valence-electron chi connectivity index (χ2n) is 11.8. The number of rotatable bonds is 12. The van der Waals surface area contributed by atoms with Crippen LogP contribution >= 0.6 is 0 Å². The second-order valence-corrected chi connectivity index (χ2v) is 11.8. The largest absolute Gasteiger partial charge is 0.497 e. The molecule has 3 aromatic carbocycles. The number of aliphatic hydroxyl groups is 2. The SMILES string of the molecule is COc1ccc2c(c1)[C@@](O)([C@H](C)/C=C/CCn1cc(CCO)nn1)C(=O)N2Cc1ccc(N2N=C(c3ccccc3)CCC2=O)cc1. The molecule has 2 aliphatic rings. The van der Waals surface area contributed by atoms with Gasteiger partial charge in [0, 0.05) is 50.1 Å². The molecule has 0 bridgehead atoms. The van der Waals surface area contributed by atoms with Gasteiger partial charge in [-0.3, -0.25) is 14.3 Å². The van der Waals surface area contributed by atoms with Gasteiger partial charge in [-0.2, -0.15) is 5.10 Å². The number of methoxy groups -OCH3 is 1. The molecule has 0 saturated carbocycles. The molecule has 11 heteroatoms. The highest BCUT2D eigenvalue weighted by atomic mass is 16.5. The predicted molar refractivity (Wildman–Crippen MR) is 178 cm³/mol. The molecule has 0 fully saturated rings. The first-order valence-corrected chi connectivity index (χ1v) is 15.8. The fourth-order valence-electron chi connectivity index (χ4n) is 6.05. The fraction of sp³-hybridized carbons (Fsp3) is 0.306. The van der Waals surface area contributed by atoms with Crippen molar-refractivity contribution in [2.45, 2.75) is 51.3 Å². The van der Waals surface area contributed by atoms with Crippen molar-refractivity contribution < 1.29 is 24.5 Å². The van der Waals surface area contributed by atoms with Gasteiger partial charge in [-0.05, 0) is 47.9 Å². The number of amides is 2. The van der Waals surface area contributed by atoms with Crippen molar-refractivity contribution in [2.24, 2.45) is 11.0 Å². The van der Waals surface area contributed by atoms with Gasteiger partial charge >= 0.3 is 0 Å². The molecule has 1 aromatic heterocycles. The van der Waals surface area contributed by atoms with Gasteiger partial charge < -0.3 is 19.8 Å². The molecule has 0 radical (unpaired) electrons. The number of carbonyl (C=O) groups is 2. The van der Waals surface area contributed by atoms with Crippen LogP contribution in [0.5, 0.6) is 5.75 Å². The number of benzene rings is 3. The van der Waals surface area contributed by atoms with Crippen LogP contribution in [0.15, 0.2) is 96.2 Å². The van der Waals surface area contributed by atoms with Crippen LogP contribution in [0.1, 0.15) is 48.6 Å². The topological polar surface area (TPSA) is 133 Å². The second kappa shape index (κ2) is 13.7. The molecule has 4 aromatic rings. The van der Waals surface area contributed by atoms with Crippen LogP contribution < -0.4 is 14.6 Å². The van der Waals surface area contributed by atoms with Crippen molar-refractivity contribution in [3.8, 4) is 5.75 Å². The lowest BCUT2D eigenvalue weighted by Gasteiger charge is -2.28. The smallest absolute Gasteiger partial charge is 0.264 e. The average molecular weight is 635 g/mol. The van der Waals surface area contributed by atoms with Gasteiger partial charge in [-0.15, -0.1) is 5.10 Å².